The monoisotopic (exact) mass is 701 g/mol. The fourth-order valence-corrected chi connectivity index (χ4v) is 6.95. The van der Waals surface area contributed by atoms with Crippen molar-refractivity contribution in [1.29, 1.82) is 0 Å². The number of hydrogen-bond donors (Lipinski definition) is 3. The standard InChI is InChI=1S/C23H32N6O4S.C11H11N5/c1-5-8-20-24-16(4)21-23(30)25-22(26-29(20)21)18-15-17(9-10-19(18)33-7-3)34(31,32)28-13-11-27(6-2)12-14-28;12-10-7-6-9(11(13)14-10)16-15-8-4-2-1-3-5-8/h9-10,15H,5-8,11-14H2,1-4H3,(H,25,26,30);1-7H,(H4,12,13,14)/b;16-15+. The summed E-state index contributed by atoms with van der Waals surface area (Å²) in [6.45, 7) is 11.3. The number of imidazole rings is 1. The normalized spacial score (nSPS) is 14.2. The number of nitrogen functional groups attached to an aromatic ring is 2. The van der Waals surface area contributed by atoms with Crippen molar-refractivity contribution in [2.24, 2.45) is 10.2 Å². The molecule has 4 heterocycles. The van der Waals surface area contributed by atoms with Gasteiger partial charge in [-0.2, -0.15) is 14.4 Å². The molecule has 3 aromatic heterocycles. The molecule has 5 aromatic rings. The largest absolute Gasteiger partial charge is 0.493 e. The number of aryl methyl sites for hydroxylation is 2. The molecule has 0 aliphatic carbocycles. The van der Waals surface area contributed by atoms with Gasteiger partial charge in [-0.15, -0.1) is 5.11 Å². The second-order valence-electron chi connectivity index (χ2n) is 11.5. The molecule has 1 saturated heterocycles. The van der Waals surface area contributed by atoms with Crippen molar-refractivity contribution in [3.05, 3.63) is 82.5 Å². The van der Waals surface area contributed by atoms with Gasteiger partial charge >= 0.3 is 0 Å². The van der Waals surface area contributed by atoms with Crippen LogP contribution in [0.3, 0.4) is 0 Å². The van der Waals surface area contributed by atoms with Gasteiger partial charge in [-0.3, -0.25) is 9.89 Å². The van der Waals surface area contributed by atoms with E-state index in [0.29, 0.717) is 73.2 Å². The van der Waals surface area contributed by atoms with E-state index in [1.165, 1.54) is 4.31 Å². The van der Waals surface area contributed by atoms with E-state index < -0.39 is 15.6 Å². The van der Waals surface area contributed by atoms with Crippen molar-refractivity contribution in [2.75, 3.05) is 50.8 Å². The third-order valence-electron chi connectivity index (χ3n) is 8.10. The van der Waals surface area contributed by atoms with E-state index >= 15 is 0 Å². The molecule has 16 heteroatoms. The molecule has 0 spiro atoms. The lowest BCUT2D eigenvalue weighted by Crippen LogP contribution is -2.48. The van der Waals surface area contributed by atoms with Crippen LogP contribution in [0.15, 0.2) is 80.6 Å². The highest BCUT2D eigenvalue weighted by atomic mass is 32.2. The third kappa shape index (κ3) is 8.15. The van der Waals surface area contributed by atoms with Gasteiger partial charge in [0.1, 0.15) is 23.1 Å². The predicted molar refractivity (Wildman–Crippen MR) is 193 cm³/mol. The smallest absolute Gasteiger partial charge is 0.299 e. The summed E-state index contributed by atoms with van der Waals surface area (Å²) < 4.78 is 35.8. The molecule has 264 valence electrons. The Labute approximate surface area is 291 Å². The lowest BCUT2D eigenvalue weighted by Gasteiger charge is -2.33. The molecule has 0 bridgehead atoms. The number of ether oxygens (including phenoxy) is 1. The molecule has 0 radical (unpaired) electrons. The fraction of sp³-hybridized carbons (Fsp3) is 0.353. The Hall–Kier alpha value is -5.19. The number of nitrogens with two attached hydrogens (primary N) is 2. The number of H-pyrrole nitrogens is 1. The maximum Gasteiger partial charge on any atom is 0.299 e. The number of sulfonamides is 1. The minimum Gasteiger partial charge on any atom is -0.493 e. The van der Waals surface area contributed by atoms with Gasteiger partial charge < -0.3 is 21.1 Å². The molecule has 0 saturated carbocycles. The predicted octanol–water partition coefficient (Wildman–Crippen LogP) is 4.73. The van der Waals surface area contributed by atoms with Crippen LogP contribution < -0.4 is 21.8 Å². The highest BCUT2D eigenvalue weighted by molar-refractivity contribution is 7.89. The number of benzene rings is 2. The first-order chi connectivity index (χ1) is 24.0. The van der Waals surface area contributed by atoms with Crippen molar-refractivity contribution < 1.29 is 13.2 Å². The highest BCUT2D eigenvalue weighted by Crippen LogP contribution is 2.32. The van der Waals surface area contributed by atoms with E-state index in [-0.39, 0.29) is 16.5 Å². The zero-order chi connectivity index (χ0) is 35.8. The average Bonchev–Trinajstić information content (AvgIpc) is 3.43. The number of fused-ring (bicyclic) bond motifs is 1. The molecular weight excluding hydrogens is 659 g/mol. The van der Waals surface area contributed by atoms with Gasteiger partial charge in [0.2, 0.25) is 10.0 Å². The number of aromatic nitrogens is 5. The number of azo groups is 1. The van der Waals surface area contributed by atoms with Crippen molar-refractivity contribution >= 4 is 38.6 Å². The van der Waals surface area contributed by atoms with Crippen LogP contribution in [-0.4, -0.2) is 81.5 Å². The molecule has 0 unspecified atom stereocenters. The molecule has 2 aromatic carbocycles. The number of nitrogens with zero attached hydrogens (tertiary/aromatic N) is 8. The molecule has 50 heavy (non-hydrogen) atoms. The molecule has 1 aliphatic heterocycles. The lowest BCUT2D eigenvalue weighted by atomic mass is 10.2. The number of likely N-dealkylation sites (N-methyl/N-ethyl adjacent to an activating group) is 1. The second kappa shape index (κ2) is 16.0. The highest BCUT2D eigenvalue weighted by Gasteiger charge is 2.29. The zero-order valence-corrected chi connectivity index (χ0v) is 29.5. The average molecular weight is 702 g/mol. The minimum absolute atomic E-state index is 0.147. The summed E-state index contributed by atoms with van der Waals surface area (Å²) >= 11 is 0. The first-order valence-electron chi connectivity index (χ1n) is 16.5. The Bertz CT molecular complexity index is 2120. The SMILES string of the molecule is CCCc1nc(C)c2c(=O)nc(-c3cc(S(=O)(=O)N4CCN(CC)CC4)ccc3OCC)[nH]n12.Nc1ccc(/N=N/c2ccccc2)c(N)n1. The van der Waals surface area contributed by atoms with Crippen molar-refractivity contribution in [2.45, 2.75) is 45.4 Å². The molecule has 1 aliphatic rings. The number of piperazine rings is 1. The first kappa shape index (κ1) is 36.1. The molecule has 0 amide bonds. The van der Waals surface area contributed by atoms with Gasteiger partial charge in [-0.1, -0.05) is 32.0 Å². The van der Waals surface area contributed by atoms with Gasteiger partial charge in [-0.05, 0) is 69.3 Å². The second-order valence-corrected chi connectivity index (χ2v) is 13.5. The van der Waals surface area contributed by atoms with Gasteiger partial charge in [0.15, 0.2) is 17.2 Å². The van der Waals surface area contributed by atoms with E-state index in [1.807, 2.05) is 44.2 Å². The molecule has 6 rings (SSSR count). The number of nitrogens with one attached hydrogen (secondary N) is 1. The molecule has 0 atom stereocenters. The number of anilines is 2. The Morgan fingerprint density at radius 1 is 0.920 bits per heavy atom. The van der Waals surface area contributed by atoms with E-state index in [1.54, 1.807) is 41.8 Å². The van der Waals surface area contributed by atoms with Crippen LogP contribution in [0.5, 0.6) is 5.75 Å². The minimum atomic E-state index is -3.71. The van der Waals surface area contributed by atoms with E-state index in [2.05, 4.69) is 42.1 Å². The van der Waals surface area contributed by atoms with Crippen LogP contribution in [-0.2, 0) is 16.4 Å². The maximum absolute atomic E-state index is 13.4. The Morgan fingerprint density at radius 2 is 1.66 bits per heavy atom. The molecule has 15 nitrogen and oxygen atoms in total. The Balaban J connectivity index is 0.000000253. The van der Waals surface area contributed by atoms with Crippen LogP contribution in [0.2, 0.25) is 0 Å². The van der Waals surface area contributed by atoms with Gasteiger partial charge in [0, 0.05) is 32.6 Å². The Kier molecular flexibility index (Phi) is 11.6. The van der Waals surface area contributed by atoms with Crippen molar-refractivity contribution in [3.63, 3.8) is 0 Å². The zero-order valence-electron chi connectivity index (χ0n) is 28.7. The van der Waals surface area contributed by atoms with E-state index in [0.717, 1.165) is 24.5 Å². The fourth-order valence-electron chi connectivity index (χ4n) is 5.50. The van der Waals surface area contributed by atoms with Crippen LogP contribution >= 0.6 is 0 Å². The van der Waals surface area contributed by atoms with Crippen LogP contribution in [0.1, 0.15) is 38.7 Å². The summed E-state index contributed by atoms with van der Waals surface area (Å²) in [5.74, 6) is 2.07. The van der Waals surface area contributed by atoms with E-state index in [9.17, 15) is 13.2 Å². The topological polar surface area (TPSA) is 203 Å². The number of aromatic amines is 1. The number of pyridine rings is 1. The molecular formula is C34H43N11O4S. The first-order valence-corrected chi connectivity index (χ1v) is 18.0. The van der Waals surface area contributed by atoms with Gasteiger partial charge in [0.25, 0.3) is 5.56 Å². The van der Waals surface area contributed by atoms with E-state index in [4.69, 9.17) is 16.2 Å². The van der Waals surface area contributed by atoms with Gasteiger partial charge in [-0.25, -0.2) is 22.9 Å². The van der Waals surface area contributed by atoms with Crippen molar-refractivity contribution in [3.8, 4) is 17.1 Å². The summed E-state index contributed by atoms with van der Waals surface area (Å²) in [6.07, 6.45) is 1.55. The lowest BCUT2D eigenvalue weighted by molar-refractivity contribution is 0.196. The van der Waals surface area contributed by atoms with Gasteiger partial charge in [0.05, 0.1) is 28.4 Å². The van der Waals surface area contributed by atoms with Crippen molar-refractivity contribution in [1.82, 2.24) is 33.8 Å². The summed E-state index contributed by atoms with van der Waals surface area (Å²) in [5.41, 5.74) is 13.4. The van der Waals surface area contributed by atoms with Crippen LogP contribution in [0, 0.1) is 6.92 Å². The third-order valence-corrected chi connectivity index (χ3v) is 10.00. The number of hydrogen-bond acceptors (Lipinski definition) is 12. The maximum atomic E-state index is 13.4. The molecule has 1 fully saturated rings. The summed E-state index contributed by atoms with van der Waals surface area (Å²) in [4.78, 5) is 27.9. The van der Waals surface area contributed by atoms with Crippen LogP contribution in [0.4, 0.5) is 23.0 Å². The summed E-state index contributed by atoms with van der Waals surface area (Å²) in [7, 11) is -3.71. The number of rotatable bonds is 10. The quantitative estimate of drug-likeness (QED) is 0.171. The Morgan fingerprint density at radius 3 is 2.32 bits per heavy atom. The summed E-state index contributed by atoms with van der Waals surface area (Å²) in [5, 5.41) is 11.2. The summed E-state index contributed by atoms with van der Waals surface area (Å²) in [6, 6.07) is 17.4. The van der Waals surface area contributed by atoms with Crippen LogP contribution in [0.25, 0.3) is 16.9 Å². The molecule has 5 N–H and O–H groups in total.